The number of amides is 1. The van der Waals surface area contributed by atoms with Gasteiger partial charge in [-0.05, 0) is 18.2 Å². The number of hydrogen-bond donors (Lipinski definition) is 2. The van der Waals surface area contributed by atoms with Crippen LogP contribution in [0.4, 0.5) is 5.69 Å². The second-order valence-corrected chi connectivity index (χ2v) is 5.48. The van der Waals surface area contributed by atoms with Crippen molar-refractivity contribution in [2.75, 3.05) is 32.7 Å². The number of para-hydroxylation sites is 2. The number of carbonyl (C=O) groups is 1. The molecule has 0 aliphatic carbocycles. The largest absolute Gasteiger partial charge is 0.504 e. The maximum absolute atomic E-state index is 12.9. The lowest BCUT2D eigenvalue weighted by Gasteiger charge is -2.38. The van der Waals surface area contributed by atoms with Gasteiger partial charge in [0, 0.05) is 24.9 Å². The van der Waals surface area contributed by atoms with E-state index in [4.69, 9.17) is 9.47 Å². The van der Waals surface area contributed by atoms with Crippen molar-refractivity contribution in [3.8, 4) is 11.5 Å². The molecule has 1 heterocycles. The molecule has 0 saturated heterocycles. The van der Waals surface area contributed by atoms with Crippen molar-refractivity contribution in [2.24, 2.45) is 0 Å². The van der Waals surface area contributed by atoms with Crippen molar-refractivity contribution >= 4 is 11.6 Å². The molecule has 2 aromatic carbocycles. The second kappa shape index (κ2) is 6.80. The summed E-state index contributed by atoms with van der Waals surface area (Å²) in [6.07, 6.45) is -0.502. The van der Waals surface area contributed by atoms with E-state index in [9.17, 15) is 9.90 Å². The van der Waals surface area contributed by atoms with Gasteiger partial charge in [0.2, 0.25) is 0 Å². The molecule has 0 bridgehead atoms. The fraction of sp³-hybridized carbons (Fsp3) is 0.278. The summed E-state index contributed by atoms with van der Waals surface area (Å²) in [6.45, 7) is 0.800. The molecule has 0 saturated carbocycles. The number of phenolic OH excluding ortho intramolecular Hbond substituents is 1. The number of anilines is 1. The number of aromatic hydroxyl groups is 1. The minimum absolute atomic E-state index is 0.0205. The van der Waals surface area contributed by atoms with E-state index in [0.717, 1.165) is 5.69 Å². The smallest absolute Gasteiger partial charge is 0.257 e. The summed E-state index contributed by atoms with van der Waals surface area (Å²) < 4.78 is 10.3. The first-order valence-electron chi connectivity index (χ1n) is 7.68. The van der Waals surface area contributed by atoms with Crippen molar-refractivity contribution < 1.29 is 19.4 Å². The van der Waals surface area contributed by atoms with E-state index in [1.54, 1.807) is 36.3 Å². The van der Waals surface area contributed by atoms with Crippen LogP contribution in [0.2, 0.25) is 0 Å². The molecule has 0 radical (unpaired) electrons. The third-order valence-electron chi connectivity index (χ3n) is 4.10. The van der Waals surface area contributed by atoms with Crippen LogP contribution in [-0.2, 0) is 4.74 Å². The zero-order chi connectivity index (χ0) is 17.1. The van der Waals surface area contributed by atoms with Crippen LogP contribution in [0, 0.1) is 0 Å². The summed E-state index contributed by atoms with van der Waals surface area (Å²) >= 11 is 0. The molecule has 0 unspecified atom stereocenters. The lowest BCUT2D eigenvalue weighted by molar-refractivity contribution is 0.0607. The highest BCUT2D eigenvalue weighted by atomic mass is 16.5. The van der Waals surface area contributed by atoms with E-state index < -0.39 is 6.17 Å². The predicted molar refractivity (Wildman–Crippen MR) is 90.4 cm³/mol. The van der Waals surface area contributed by atoms with Crippen molar-refractivity contribution in [3.63, 3.8) is 0 Å². The highest BCUT2D eigenvalue weighted by Crippen LogP contribution is 2.39. The fourth-order valence-electron chi connectivity index (χ4n) is 2.88. The summed E-state index contributed by atoms with van der Waals surface area (Å²) in [7, 11) is 3.09. The molecule has 24 heavy (non-hydrogen) atoms. The number of fused-ring (bicyclic) bond motifs is 1. The maximum Gasteiger partial charge on any atom is 0.257 e. The third-order valence-corrected chi connectivity index (χ3v) is 4.10. The van der Waals surface area contributed by atoms with Crippen LogP contribution in [0.25, 0.3) is 0 Å². The predicted octanol–water partition coefficient (Wildman–Crippen LogP) is 2.61. The first-order valence-corrected chi connectivity index (χ1v) is 7.68. The molecule has 2 N–H and O–H groups in total. The number of rotatable bonds is 5. The zero-order valence-corrected chi connectivity index (χ0v) is 13.7. The SMILES string of the molecule is COCCN1C(=O)c2ccccc2N[C@H]1c1cccc(OC)c1O. The fourth-order valence-corrected chi connectivity index (χ4v) is 2.88. The number of phenols is 1. The van der Waals surface area contributed by atoms with Crippen LogP contribution in [-0.4, -0.2) is 43.3 Å². The minimum atomic E-state index is -0.502. The van der Waals surface area contributed by atoms with Gasteiger partial charge in [0.15, 0.2) is 11.5 Å². The number of benzene rings is 2. The van der Waals surface area contributed by atoms with E-state index in [1.165, 1.54) is 7.11 Å². The van der Waals surface area contributed by atoms with Gasteiger partial charge in [-0.1, -0.05) is 24.3 Å². The Hall–Kier alpha value is -2.73. The number of nitrogens with zero attached hydrogens (tertiary/aromatic N) is 1. The van der Waals surface area contributed by atoms with Gasteiger partial charge in [0.05, 0.1) is 19.3 Å². The van der Waals surface area contributed by atoms with Crippen LogP contribution in [0.15, 0.2) is 42.5 Å². The maximum atomic E-state index is 12.9. The Morgan fingerprint density at radius 1 is 1.17 bits per heavy atom. The first kappa shape index (κ1) is 16.1. The van der Waals surface area contributed by atoms with Crippen LogP contribution in [0.5, 0.6) is 11.5 Å². The summed E-state index contributed by atoms with van der Waals surface area (Å²) in [6, 6.07) is 12.6. The van der Waals surface area contributed by atoms with Crippen LogP contribution < -0.4 is 10.1 Å². The van der Waals surface area contributed by atoms with Crippen molar-refractivity contribution in [1.29, 1.82) is 0 Å². The van der Waals surface area contributed by atoms with E-state index in [-0.39, 0.29) is 11.7 Å². The normalized spacial score (nSPS) is 16.5. The van der Waals surface area contributed by atoms with Crippen LogP contribution in [0.3, 0.4) is 0 Å². The summed E-state index contributed by atoms with van der Waals surface area (Å²) in [4.78, 5) is 14.5. The zero-order valence-electron chi connectivity index (χ0n) is 13.7. The molecular weight excluding hydrogens is 308 g/mol. The van der Waals surface area contributed by atoms with Gasteiger partial charge in [-0.2, -0.15) is 0 Å². The summed E-state index contributed by atoms with van der Waals surface area (Å²) in [5.74, 6) is 0.285. The van der Waals surface area contributed by atoms with E-state index in [2.05, 4.69) is 5.32 Å². The van der Waals surface area contributed by atoms with E-state index >= 15 is 0 Å². The average molecular weight is 328 g/mol. The number of hydrogen-bond acceptors (Lipinski definition) is 5. The molecule has 1 aliphatic heterocycles. The van der Waals surface area contributed by atoms with Crippen LogP contribution >= 0.6 is 0 Å². The number of nitrogens with one attached hydrogen (secondary N) is 1. The molecule has 6 heteroatoms. The first-order chi connectivity index (χ1) is 11.7. The Morgan fingerprint density at radius 3 is 2.71 bits per heavy atom. The highest BCUT2D eigenvalue weighted by molar-refractivity contribution is 6.01. The second-order valence-electron chi connectivity index (χ2n) is 5.48. The van der Waals surface area contributed by atoms with Gasteiger partial charge in [-0.25, -0.2) is 0 Å². The number of carbonyl (C=O) groups excluding carboxylic acids is 1. The van der Waals surface area contributed by atoms with Gasteiger partial charge in [0.1, 0.15) is 6.17 Å². The van der Waals surface area contributed by atoms with Crippen molar-refractivity contribution in [1.82, 2.24) is 4.90 Å². The van der Waals surface area contributed by atoms with E-state index in [0.29, 0.717) is 30.0 Å². The highest BCUT2D eigenvalue weighted by Gasteiger charge is 2.34. The lowest BCUT2D eigenvalue weighted by Crippen LogP contribution is -2.44. The molecule has 0 fully saturated rings. The average Bonchev–Trinajstić information content (AvgIpc) is 2.61. The van der Waals surface area contributed by atoms with Crippen LogP contribution in [0.1, 0.15) is 22.1 Å². The lowest BCUT2D eigenvalue weighted by atomic mass is 10.0. The molecule has 2 aromatic rings. The Kier molecular flexibility index (Phi) is 4.57. The molecule has 3 rings (SSSR count). The molecule has 1 aliphatic rings. The molecule has 0 aromatic heterocycles. The Balaban J connectivity index is 2.06. The molecule has 6 nitrogen and oxygen atoms in total. The summed E-state index contributed by atoms with van der Waals surface area (Å²) in [5, 5.41) is 13.8. The number of methoxy groups -OCH3 is 2. The van der Waals surface area contributed by atoms with Gasteiger partial charge in [0.25, 0.3) is 5.91 Å². The van der Waals surface area contributed by atoms with Gasteiger partial charge < -0.3 is 24.8 Å². The molecular formula is C18H20N2O4. The Labute approximate surface area is 140 Å². The molecule has 0 spiro atoms. The summed E-state index contributed by atoms with van der Waals surface area (Å²) in [5.41, 5.74) is 1.92. The standard InChI is InChI=1S/C18H20N2O4/c1-23-11-10-20-17(13-7-5-9-15(24-2)16(13)21)19-14-8-4-3-6-12(14)18(20)22/h3-9,17,19,21H,10-11H2,1-2H3/t17-/m1/s1. The van der Waals surface area contributed by atoms with Crippen molar-refractivity contribution in [2.45, 2.75) is 6.17 Å². The topological polar surface area (TPSA) is 71.0 Å². The molecule has 126 valence electrons. The minimum Gasteiger partial charge on any atom is -0.504 e. The molecule has 1 amide bonds. The van der Waals surface area contributed by atoms with Crippen molar-refractivity contribution in [3.05, 3.63) is 53.6 Å². The quantitative estimate of drug-likeness (QED) is 0.883. The molecule has 1 atom stereocenters. The van der Waals surface area contributed by atoms with Gasteiger partial charge in [-0.15, -0.1) is 0 Å². The monoisotopic (exact) mass is 328 g/mol. The Morgan fingerprint density at radius 2 is 1.96 bits per heavy atom. The Bertz CT molecular complexity index is 748. The van der Waals surface area contributed by atoms with Gasteiger partial charge >= 0.3 is 0 Å². The number of ether oxygens (including phenoxy) is 2. The van der Waals surface area contributed by atoms with Gasteiger partial charge in [-0.3, -0.25) is 4.79 Å². The van der Waals surface area contributed by atoms with E-state index in [1.807, 2.05) is 18.2 Å². The third kappa shape index (κ3) is 2.76.